The molecule has 0 saturated heterocycles. The van der Waals surface area contributed by atoms with Gasteiger partial charge in [0.1, 0.15) is 0 Å². The van der Waals surface area contributed by atoms with Crippen molar-refractivity contribution in [1.29, 1.82) is 0 Å². The predicted molar refractivity (Wildman–Crippen MR) is 51.5 cm³/mol. The maximum absolute atomic E-state index is 3.74. The van der Waals surface area contributed by atoms with Gasteiger partial charge in [-0.1, -0.05) is 12.7 Å². The Kier molecular flexibility index (Phi) is 8.78. The summed E-state index contributed by atoms with van der Waals surface area (Å²) in [7, 11) is 4.45. The number of unbranched alkanes of at least 4 members (excludes halogenated alkanes) is 1. The molecule has 0 N–H and O–H groups in total. The maximum atomic E-state index is 3.74. The van der Waals surface area contributed by atoms with E-state index >= 15 is 0 Å². The smallest absolute Gasteiger partial charge is 0.0966 e. The topological polar surface area (TPSA) is 0 Å². The molecule has 0 aromatic rings. The average molecular weight is 190 g/mol. The average Bonchev–Trinajstić information content (AvgIpc) is 1.87. The van der Waals surface area contributed by atoms with Gasteiger partial charge in [-0.25, -0.2) is 0 Å². The van der Waals surface area contributed by atoms with Crippen LogP contribution >= 0.6 is 0 Å². The highest BCUT2D eigenvalue weighted by atomic mass is 35.5. The van der Waals surface area contributed by atoms with E-state index < -0.39 is 0 Å². The third kappa shape index (κ3) is 7.83. The Morgan fingerprint density at radius 1 is 1.17 bits per heavy atom. The number of hydrogen-bond donors (Lipinski definition) is 0. The van der Waals surface area contributed by atoms with E-state index in [2.05, 4.69) is 27.3 Å². The number of hydrogen-bond acceptors (Lipinski definition) is 0. The van der Waals surface area contributed by atoms with Gasteiger partial charge < -0.3 is 16.9 Å². The molecule has 0 saturated carbocycles. The van der Waals surface area contributed by atoms with Crippen LogP contribution in [-0.4, -0.2) is 31.7 Å². The highest BCUT2D eigenvalue weighted by Crippen LogP contribution is 2.01. The van der Waals surface area contributed by atoms with E-state index in [1.165, 1.54) is 13.0 Å². The van der Waals surface area contributed by atoms with Gasteiger partial charge in [0.15, 0.2) is 0 Å². The molecule has 72 valence electrons. The van der Waals surface area contributed by atoms with E-state index in [0.29, 0.717) is 0 Å². The van der Waals surface area contributed by atoms with Gasteiger partial charge in [-0.15, -0.1) is 6.58 Å². The molecule has 0 spiro atoms. The van der Waals surface area contributed by atoms with Gasteiger partial charge in [0.25, 0.3) is 0 Å². The normalized spacial score (nSPS) is 10.2. The highest BCUT2D eigenvalue weighted by Gasteiger charge is 2.10. The van der Waals surface area contributed by atoms with E-state index in [1.54, 1.807) is 0 Å². The molecule has 0 aliphatic carbocycles. The second kappa shape index (κ2) is 7.38. The molecule has 0 rings (SSSR count). The van der Waals surface area contributed by atoms with Crippen LogP contribution in [0.15, 0.2) is 25.3 Å². The van der Waals surface area contributed by atoms with Crippen LogP contribution < -0.4 is 12.4 Å². The Morgan fingerprint density at radius 3 is 2.17 bits per heavy atom. The molecule has 0 aromatic carbocycles. The van der Waals surface area contributed by atoms with Crippen LogP contribution in [0, 0.1) is 0 Å². The summed E-state index contributed by atoms with van der Waals surface area (Å²) in [4.78, 5) is 0. The lowest BCUT2D eigenvalue weighted by atomic mass is 10.2. The molecule has 0 bridgehead atoms. The summed E-state index contributed by atoms with van der Waals surface area (Å²) in [6.45, 7) is 9.70. The zero-order chi connectivity index (χ0) is 8.74. The molecule has 2 heteroatoms. The molecule has 0 heterocycles. The molecular weight excluding hydrogens is 170 g/mol. The fraction of sp³-hybridized carbons (Fsp3) is 0.600. The van der Waals surface area contributed by atoms with Crippen molar-refractivity contribution in [3.63, 3.8) is 0 Å². The van der Waals surface area contributed by atoms with Gasteiger partial charge in [0.2, 0.25) is 0 Å². The minimum absolute atomic E-state index is 0. The zero-order valence-electron chi connectivity index (χ0n) is 8.22. The van der Waals surface area contributed by atoms with Crippen molar-refractivity contribution in [3.05, 3.63) is 25.3 Å². The van der Waals surface area contributed by atoms with Gasteiger partial charge in [-0.2, -0.15) is 0 Å². The van der Waals surface area contributed by atoms with Gasteiger partial charge in [0.05, 0.1) is 27.2 Å². The molecule has 0 aliphatic rings. The van der Waals surface area contributed by atoms with Crippen LogP contribution in [0.1, 0.15) is 12.8 Å². The lowest BCUT2D eigenvalue weighted by Crippen LogP contribution is -3.00. The number of halogens is 1. The number of allylic oxidation sites excluding steroid dienone is 1. The van der Waals surface area contributed by atoms with Gasteiger partial charge in [0, 0.05) is 0 Å². The minimum atomic E-state index is 0. The van der Waals surface area contributed by atoms with E-state index in [-0.39, 0.29) is 12.4 Å². The summed E-state index contributed by atoms with van der Waals surface area (Å²) in [5.74, 6) is 0. The number of quaternary nitrogens is 1. The first-order valence-corrected chi connectivity index (χ1v) is 4.16. The van der Waals surface area contributed by atoms with Crippen molar-refractivity contribution >= 4 is 0 Å². The molecule has 0 atom stereocenters. The molecule has 1 nitrogen and oxygen atoms in total. The first-order valence-electron chi connectivity index (χ1n) is 4.16. The Bertz CT molecular complexity index is 130. The Labute approximate surface area is 82.8 Å². The summed E-state index contributed by atoms with van der Waals surface area (Å²) in [6, 6.07) is 0. The molecule has 12 heavy (non-hydrogen) atoms. The zero-order valence-corrected chi connectivity index (χ0v) is 8.98. The Morgan fingerprint density at radius 2 is 1.75 bits per heavy atom. The summed E-state index contributed by atoms with van der Waals surface area (Å²) in [6.07, 6.45) is 6.31. The summed E-state index contributed by atoms with van der Waals surface area (Å²) in [5.41, 5.74) is 0. The maximum Gasteiger partial charge on any atom is 0.0966 e. The van der Waals surface area contributed by atoms with E-state index in [4.69, 9.17) is 0 Å². The fourth-order valence-corrected chi connectivity index (χ4v) is 1.10. The van der Waals surface area contributed by atoms with Gasteiger partial charge in [-0.3, -0.25) is 0 Å². The monoisotopic (exact) mass is 189 g/mol. The lowest BCUT2D eigenvalue weighted by Gasteiger charge is -2.28. The molecule has 0 aromatic heterocycles. The molecule has 0 aliphatic heterocycles. The first kappa shape index (κ1) is 14.3. The molecule has 0 unspecified atom stereocenters. The summed E-state index contributed by atoms with van der Waals surface area (Å²) in [5, 5.41) is 0. The van der Waals surface area contributed by atoms with Crippen molar-refractivity contribution in [2.45, 2.75) is 12.8 Å². The van der Waals surface area contributed by atoms with E-state index in [1.807, 2.05) is 12.2 Å². The van der Waals surface area contributed by atoms with Crippen molar-refractivity contribution in [2.75, 3.05) is 27.2 Å². The highest BCUT2D eigenvalue weighted by molar-refractivity contribution is 4.67. The van der Waals surface area contributed by atoms with Crippen LogP contribution in [0.2, 0.25) is 0 Å². The Balaban J connectivity index is 0. The lowest BCUT2D eigenvalue weighted by molar-refractivity contribution is -0.884. The van der Waals surface area contributed by atoms with Crippen LogP contribution in [0.5, 0.6) is 0 Å². The quantitative estimate of drug-likeness (QED) is 0.292. The first-order chi connectivity index (χ1) is 5.12. The molecule has 0 amide bonds. The van der Waals surface area contributed by atoms with Crippen LogP contribution in [0.4, 0.5) is 0 Å². The van der Waals surface area contributed by atoms with Gasteiger partial charge in [-0.05, 0) is 18.9 Å². The van der Waals surface area contributed by atoms with Crippen molar-refractivity contribution in [1.82, 2.24) is 0 Å². The third-order valence-corrected chi connectivity index (χ3v) is 1.80. The van der Waals surface area contributed by atoms with Crippen LogP contribution in [-0.2, 0) is 0 Å². The van der Waals surface area contributed by atoms with Crippen LogP contribution in [0.25, 0.3) is 0 Å². The molecular formula is C10H20ClN. The van der Waals surface area contributed by atoms with Crippen molar-refractivity contribution in [2.24, 2.45) is 0 Å². The van der Waals surface area contributed by atoms with Crippen molar-refractivity contribution < 1.29 is 16.9 Å². The molecule has 0 fully saturated rings. The molecule has 0 radical (unpaired) electrons. The fourth-order valence-electron chi connectivity index (χ4n) is 1.10. The van der Waals surface area contributed by atoms with Crippen LogP contribution in [0.3, 0.4) is 0 Å². The number of nitrogens with zero attached hydrogens (tertiary/aromatic N) is 1. The SMILES string of the molecule is C=CCCC[N+](C)(C)CC=C.[Cl-]. The largest absolute Gasteiger partial charge is 1.00 e. The van der Waals surface area contributed by atoms with E-state index in [0.717, 1.165) is 17.4 Å². The second-order valence-electron chi connectivity index (χ2n) is 3.56. The number of likely N-dealkylation sites (N-methyl/N-ethyl adjacent to an activating group) is 1. The van der Waals surface area contributed by atoms with E-state index in [9.17, 15) is 0 Å². The van der Waals surface area contributed by atoms with Crippen molar-refractivity contribution in [3.8, 4) is 0 Å². The minimum Gasteiger partial charge on any atom is -1.00 e. The predicted octanol–water partition coefficient (Wildman–Crippen LogP) is -0.781. The number of rotatable bonds is 6. The van der Waals surface area contributed by atoms with Gasteiger partial charge >= 0.3 is 0 Å². The third-order valence-electron chi connectivity index (χ3n) is 1.80. The Hall–Kier alpha value is -0.270. The summed E-state index contributed by atoms with van der Waals surface area (Å²) < 4.78 is 1.04. The second-order valence-corrected chi connectivity index (χ2v) is 3.56. The standard InChI is InChI=1S/C10H20N.ClH/c1-5-7-8-10-11(3,4)9-6-2;/h5-6H,1-2,7-10H2,3-4H3;1H/q+1;/p-1. The summed E-state index contributed by atoms with van der Waals surface area (Å²) >= 11 is 0.